The van der Waals surface area contributed by atoms with Crippen molar-refractivity contribution in [3.63, 3.8) is 0 Å². The standard InChI is InChI=1S/C75H126NO8P/c1-3-5-7-9-11-13-15-17-19-21-23-25-27-28-29-30-31-32-33-34-35-36-37-38-39-40-41-42-43-44-46-48-50-52-54-56-58-60-62-64-66-68-75(78)84-73(72-83-85(79,80)82-70-69-76)71-81-74(77)67-65-63-61-59-57-55-53-51-49-47-45-26-24-22-20-18-16-14-12-10-8-6-4-2/h5,7,11,13,17,19,22-25,28-29,31-32,34-35,37-38,40-41,43-44,48,50,73H,3-4,6,8-10,12,14-16,18,20-21,26-27,30,33,36,39,42,45-47,49,51-72,76H2,1-2H3,(H,79,80)/b7-5-,13-11-,19-17-,24-22-,25-23-,29-28-,32-31-,35-34-,38-37-,41-40-,44-43-,50-48-. The number of hydrogen-bond acceptors (Lipinski definition) is 8. The van der Waals surface area contributed by atoms with Crippen LogP contribution < -0.4 is 5.73 Å². The normalized spacial score (nSPS) is 13.9. The number of allylic oxidation sites excluding steroid dienone is 24. The first-order valence-corrected chi connectivity index (χ1v) is 35.8. The molecule has 10 heteroatoms. The predicted octanol–water partition coefficient (Wildman–Crippen LogP) is 22.6. The maximum absolute atomic E-state index is 12.8. The summed E-state index contributed by atoms with van der Waals surface area (Å²) in [7, 11) is -4.40. The summed E-state index contributed by atoms with van der Waals surface area (Å²) in [5, 5.41) is 0. The number of carbonyl (C=O) groups is 2. The summed E-state index contributed by atoms with van der Waals surface area (Å²) in [5.74, 6) is -0.843. The minimum Gasteiger partial charge on any atom is -0.462 e. The molecule has 0 aliphatic heterocycles. The van der Waals surface area contributed by atoms with Gasteiger partial charge < -0.3 is 20.1 Å². The molecule has 0 spiro atoms. The van der Waals surface area contributed by atoms with Gasteiger partial charge in [0.25, 0.3) is 0 Å². The van der Waals surface area contributed by atoms with Gasteiger partial charge in [-0.1, -0.05) is 295 Å². The minimum atomic E-state index is -4.40. The number of unbranched alkanes of at least 4 members (excludes halogenated alkanes) is 26. The highest BCUT2D eigenvalue weighted by atomic mass is 31.2. The van der Waals surface area contributed by atoms with Crippen molar-refractivity contribution >= 4 is 19.8 Å². The van der Waals surface area contributed by atoms with Gasteiger partial charge in [0.05, 0.1) is 13.2 Å². The lowest BCUT2D eigenvalue weighted by Crippen LogP contribution is -2.29. The van der Waals surface area contributed by atoms with Crippen molar-refractivity contribution in [3.8, 4) is 0 Å². The van der Waals surface area contributed by atoms with Crippen molar-refractivity contribution in [2.24, 2.45) is 5.73 Å². The zero-order valence-electron chi connectivity index (χ0n) is 54.3. The van der Waals surface area contributed by atoms with Gasteiger partial charge in [-0.2, -0.15) is 0 Å². The Balaban J connectivity index is 3.99. The molecule has 3 N–H and O–H groups in total. The summed E-state index contributed by atoms with van der Waals surface area (Å²) in [4.78, 5) is 35.3. The van der Waals surface area contributed by atoms with Crippen molar-refractivity contribution in [1.29, 1.82) is 0 Å². The van der Waals surface area contributed by atoms with E-state index in [0.29, 0.717) is 6.42 Å². The van der Waals surface area contributed by atoms with Crippen LogP contribution in [0.1, 0.15) is 284 Å². The molecule has 2 atom stereocenters. The third-order valence-electron chi connectivity index (χ3n) is 14.2. The first kappa shape index (κ1) is 80.9. The minimum absolute atomic E-state index is 0.0452. The average molecular weight is 1200 g/mol. The Morgan fingerprint density at radius 3 is 0.976 bits per heavy atom. The number of carbonyl (C=O) groups excluding carboxylic acids is 2. The third-order valence-corrected chi connectivity index (χ3v) is 15.2. The van der Waals surface area contributed by atoms with Gasteiger partial charge >= 0.3 is 19.8 Å². The summed E-state index contributed by atoms with van der Waals surface area (Å²) in [6.45, 7) is 3.63. The van der Waals surface area contributed by atoms with Gasteiger partial charge in [-0.25, -0.2) is 4.57 Å². The van der Waals surface area contributed by atoms with Crippen LogP contribution in [0.25, 0.3) is 0 Å². The smallest absolute Gasteiger partial charge is 0.462 e. The summed E-state index contributed by atoms with van der Waals surface area (Å²) >= 11 is 0. The molecule has 85 heavy (non-hydrogen) atoms. The van der Waals surface area contributed by atoms with E-state index in [2.05, 4.69) is 160 Å². The lowest BCUT2D eigenvalue weighted by molar-refractivity contribution is -0.161. The Hall–Kier alpha value is -4.11. The van der Waals surface area contributed by atoms with Crippen molar-refractivity contribution in [2.75, 3.05) is 26.4 Å². The van der Waals surface area contributed by atoms with Gasteiger partial charge in [-0.15, -0.1) is 0 Å². The zero-order valence-corrected chi connectivity index (χ0v) is 55.2. The van der Waals surface area contributed by atoms with Crippen LogP contribution in [-0.4, -0.2) is 49.3 Å². The number of nitrogens with two attached hydrogens (primary N) is 1. The maximum atomic E-state index is 12.8. The highest BCUT2D eigenvalue weighted by molar-refractivity contribution is 7.47. The number of esters is 2. The molecule has 0 saturated carbocycles. The van der Waals surface area contributed by atoms with Crippen LogP contribution >= 0.6 is 7.82 Å². The number of phosphoric acid groups is 1. The Bertz CT molecular complexity index is 1900. The molecule has 0 fully saturated rings. The fraction of sp³-hybridized carbons (Fsp3) is 0.653. The van der Waals surface area contributed by atoms with Crippen LogP contribution in [0.4, 0.5) is 0 Å². The molecule has 9 nitrogen and oxygen atoms in total. The van der Waals surface area contributed by atoms with E-state index < -0.39 is 26.5 Å². The van der Waals surface area contributed by atoms with E-state index in [9.17, 15) is 19.0 Å². The lowest BCUT2D eigenvalue weighted by atomic mass is 10.0. The fourth-order valence-electron chi connectivity index (χ4n) is 9.17. The maximum Gasteiger partial charge on any atom is 0.472 e. The number of phosphoric ester groups is 1. The lowest BCUT2D eigenvalue weighted by Gasteiger charge is -2.19. The first-order valence-electron chi connectivity index (χ1n) is 34.3. The third kappa shape index (κ3) is 68.9. The quantitative estimate of drug-likeness (QED) is 0.0264. The molecule has 0 bridgehead atoms. The van der Waals surface area contributed by atoms with E-state index in [-0.39, 0.29) is 38.6 Å². The Morgan fingerprint density at radius 2 is 0.647 bits per heavy atom. The summed E-state index contributed by atoms with van der Waals surface area (Å²) in [5.41, 5.74) is 5.40. The van der Waals surface area contributed by atoms with Crippen LogP contribution in [0.5, 0.6) is 0 Å². The van der Waals surface area contributed by atoms with Crippen molar-refractivity contribution in [3.05, 3.63) is 146 Å². The highest BCUT2D eigenvalue weighted by Gasteiger charge is 2.26. The van der Waals surface area contributed by atoms with Crippen LogP contribution in [0.2, 0.25) is 0 Å². The van der Waals surface area contributed by atoms with Gasteiger partial charge in [-0.05, 0) is 122 Å². The second kappa shape index (κ2) is 69.0. The molecule has 484 valence electrons. The molecular formula is C75H126NO8P. The van der Waals surface area contributed by atoms with Crippen LogP contribution in [0, 0.1) is 0 Å². The van der Waals surface area contributed by atoms with Gasteiger partial charge in [-0.3, -0.25) is 18.6 Å². The molecule has 0 aliphatic rings. The van der Waals surface area contributed by atoms with Crippen molar-refractivity contribution < 1.29 is 37.6 Å². The Morgan fingerprint density at radius 1 is 0.365 bits per heavy atom. The molecule has 2 unspecified atom stereocenters. The fourth-order valence-corrected chi connectivity index (χ4v) is 9.93. The molecule has 0 heterocycles. The average Bonchev–Trinajstić information content (AvgIpc) is 3.52. The largest absolute Gasteiger partial charge is 0.472 e. The monoisotopic (exact) mass is 1200 g/mol. The second-order valence-corrected chi connectivity index (χ2v) is 23.8. The van der Waals surface area contributed by atoms with Gasteiger partial charge in [0.1, 0.15) is 6.61 Å². The molecule has 0 rings (SSSR count). The molecule has 0 aromatic rings. The summed E-state index contributed by atoms with van der Waals surface area (Å²) in [6.07, 6.45) is 99.3. The van der Waals surface area contributed by atoms with Gasteiger partial charge in [0.15, 0.2) is 6.10 Å². The van der Waals surface area contributed by atoms with Crippen LogP contribution in [0.3, 0.4) is 0 Å². The van der Waals surface area contributed by atoms with E-state index in [1.54, 1.807) is 0 Å². The van der Waals surface area contributed by atoms with Crippen molar-refractivity contribution in [2.45, 2.75) is 290 Å². The Kier molecular flexibility index (Phi) is 65.7. The molecule has 0 radical (unpaired) electrons. The van der Waals surface area contributed by atoms with E-state index >= 15 is 0 Å². The Labute approximate surface area is 522 Å². The van der Waals surface area contributed by atoms with Crippen LogP contribution in [-0.2, 0) is 32.7 Å². The van der Waals surface area contributed by atoms with E-state index in [1.807, 2.05) is 0 Å². The number of hydrogen-bond donors (Lipinski definition) is 2. The van der Waals surface area contributed by atoms with E-state index in [0.717, 1.165) is 122 Å². The van der Waals surface area contributed by atoms with Crippen LogP contribution in [0.15, 0.2) is 146 Å². The molecule has 0 aromatic carbocycles. The molecule has 0 amide bonds. The number of ether oxygens (including phenoxy) is 2. The van der Waals surface area contributed by atoms with E-state index in [4.69, 9.17) is 24.3 Å². The molecular weight excluding hydrogens is 1070 g/mol. The second-order valence-electron chi connectivity index (χ2n) is 22.3. The SMILES string of the molecule is CC/C=C\C/C=C\C/C=C\C/C=C\C/C=C\C/C=C\C/C=C\C/C=C\C/C=C\C/C=C\C/C=C\CCCCCCCCCC(=O)OC(COC(=O)CCCCCCCCCCCCC/C=C\CCCCCCCCCC)COP(=O)(O)OCCN. The first-order chi connectivity index (χ1) is 41.8. The van der Waals surface area contributed by atoms with Crippen molar-refractivity contribution in [1.82, 2.24) is 0 Å². The predicted molar refractivity (Wildman–Crippen MR) is 367 cm³/mol. The molecule has 0 aromatic heterocycles. The number of rotatable bonds is 63. The van der Waals surface area contributed by atoms with E-state index in [1.165, 1.54) is 128 Å². The zero-order chi connectivity index (χ0) is 61.6. The van der Waals surface area contributed by atoms with Gasteiger partial charge in [0, 0.05) is 19.4 Å². The summed E-state index contributed by atoms with van der Waals surface area (Å²) < 4.78 is 33.1. The summed E-state index contributed by atoms with van der Waals surface area (Å²) in [6, 6.07) is 0. The highest BCUT2D eigenvalue weighted by Crippen LogP contribution is 2.43. The molecule has 0 aliphatic carbocycles. The topological polar surface area (TPSA) is 134 Å². The molecule has 0 saturated heterocycles. The van der Waals surface area contributed by atoms with Gasteiger partial charge in [0.2, 0.25) is 0 Å².